The normalized spacial score (nSPS) is 10.8. The predicted octanol–water partition coefficient (Wildman–Crippen LogP) is 4.82. The van der Waals surface area contributed by atoms with Gasteiger partial charge in [0, 0.05) is 30.9 Å². The van der Waals surface area contributed by atoms with Crippen LogP contribution in [-0.4, -0.2) is 28.1 Å². The molecule has 0 fully saturated rings. The minimum absolute atomic E-state index is 0.0741. The molecule has 10 heteroatoms. The number of nitrogen functional groups attached to an aromatic ring is 1. The molecular formula is C27H24N4O5S. The highest BCUT2D eigenvalue weighted by molar-refractivity contribution is 7.85. The topological polar surface area (TPSA) is 141 Å². The number of pyridine rings is 2. The number of nitrogens with zero attached hydrogens (tertiary/aromatic N) is 3. The van der Waals surface area contributed by atoms with Crippen LogP contribution in [0.15, 0.2) is 113 Å². The van der Waals surface area contributed by atoms with E-state index in [2.05, 4.69) is 27.3 Å². The summed E-state index contributed by atoms with van der Waals surface area (Å²) in [4.78, 5) is 8.14. The Labute approximate surface area is 214 Å². The summed E-state index contributed by atoms with van der Waals surface area (Å²) >= 11 is 0. The van der Waals surface area contributed by atoms with Crippen molar-refractivity contribution in [3.63, 3.8) is 0 Å². The molecule has 0 radical (unpaired) electrons. The quantitative estimate of drug-likeness (QED) is 0.291. The highest BCUT2D eigenvalue weighted by Crippen LogP contribution is 2.25. The number of hydrogen-bond acceptors (Lipinski definition) is 8. The van der Waals surface area contributed by atoms with Crippen molar-refractivity contribution in [3.8, 4) is 17.2 Å². The average Bonchev–Trinajstić information content (AvgIpc) is 3.38. The van der Waals surface area contributed by atoms with Gasteiger partial charge < -0.3 is 15.0 Å². The van der Waals surface area contributed by atoms with Gasteiger partial charge in [-0.05, 0) is 41.5 Å². The van der Waals surface area contributed by atoms with Crippen LogP contribution in [0.25, 0.3) is 11.3 Å². The second-order valence-electron chi connectivity index (χ2n) is 7.86. The Morgan fingerprint density at radius 2 is 1.54 bits per heavy atom. The lowest BCUT2D eigenvalue weighted by molar-refractivity contribution is 0.294. The van der Waals surface area contributed by atoms with Crippen molar-refractivity contribution < 1.29 is 22.2 Å². The monoisotopic (exact) mass is 516 g/mol. The zero-order valence-corrected chi connectivity index (χ0v) is 20.5. The molecule has 0 atom stereocenters. The number of anilines is 1. The summed E-state index contributed by atoms with van der Waals surface area (Å²) in [5.74, 6) is 1.67. The van der Waals surface area contributed by atoms with Gasteiger partial charge in [-0.3, -0.25) is 4.55 Å². The molecule has 3 N–H and O–H groups in total. The first-order valence-electron chi connectivity index (χ1n) is 11.2. The Morgan fingerprint density at radius 3 is 2.19 bits per heavy atom. The van der Waals surface area contributed by atoms with Crippen LogP contribution in [0.5, 0.6) is 5.88 Å². The third-order valence-corrected chi connectivity index (χ3v) is 6.00. The lowest BCUT2D eigenvalue weighted by atomic mass is 10.1. The first kappa shape index (κ1) is 25.5. The van der Waals surface area contributed by atoms with Gasteiger partial charge in [-0.1, -0.05) is 53.7 Å². The van der Waals surface area contributed by atoms with E-state index in [1.807, 2.05) is 48.5 Å². The van der Waals surface area contributed by atoms with Crippen molar-refractivity contribution in [1.82, 2.24) is 15.1 Å². The minimum atomic E-state index is -4.00. The van der Waals surface area contributed by atoms with Crippen LogP contribution in [0.1, 0.15) is 16.8 Å². The number of nitrogens with two attached hydrogens (primary N) is 1. The van der Waals surface area contributed by atoms with Gasteiger partial charge in [0.15, 0.2) is 5.76 Å². The standard InChI is InChI=1S/C21H18N4O2.C6H6O3S/c22-21-18(4-3-11-24-21)19-13-17(25-27-19)12-15-6-8-16(9-7-15)14-26-20-5-1-2-10-23-20;7-10(8,9)6-4-2-1-3-5-6/h1-11,13H,12,14H2,(H2,22,24);1-5H,(H,7,8,9). The third kappa shape index (κ3) is 7.47. The molecule has 5 rings (SSSR count). The van der Waals surface area contributed by atoms with Gasteiger partial charge in [-0.25, -0.2) is 9.97 Å². The number of ether oxygens (including phenoxy) is 1. The van der Waals surface area contributed by atoms with Crippen LogP contribution in [-0.2, 0) is 23.1 Å². The molecule has 0 unspecified atom stereocenters. The molecule has 188 valence electrons. The highest BCUT2D eigenvalue weighted by Gasteiger charge is 2.11. The van der Waals surface area contributed by atoms with Crippen molar-refractivity contribution >= 4 is 15.9 Å². The molecule has 2 aromatic carbocycles. The average molecular weight is 517 g/mol. The molecule has 0 aliphatic rings. The zero-order chi connectivity index (χ0) is 26.1. The first-order chi connectivity index (χ1) is 17.9. The van der Waals surface area contributed by atoms with Gasteiger partial charge in [-0.2, -0.15) is 8.42 Å². The Hall–Kier alpha value is -4.54. The predicted molar refractivity (Wildman–Crippen MR) is 138 cm³/mol. The minimum Gasteiger partial charge on any atom is -0.473 e. The fourth-order valence-electron chi connectivity index (χ4n) is 3.29. The fourth-order valence-corrected chi connectivity index (χ4v) is 3.79. The molecule has 0 amide bonds. The van der Waals surface area contributed by atoms with Gasteiger partial charge in [0.1, 0.15) is 12.4 Å². The molecule has 9 nitrogen and oxygen atoms in total. The van der Waals surface area contributed by atoms with Crippen LogP contribution < -0.4 is 10.5 Å². The summed E-state index contributed by atoms with van der Waals surface area (Å²) in [7, 11) is -4.00. The number of benzene rings is 2. The van der Waals surface area contributed by atoms with Crippen LogP contribution in [0.4, 0.5) is 5.82 Å². The molecule has 0 spiro atoms. The summed E-state index contributed by atoms with van der Waals surface area (Å²) in [6.45, 7) is 0.478. The van der Waals surface area contributed by atoms with E-state index in [-0.39, 0.29) is 4.90 Å². The molecule has 0 aliphatic heterocycles. The van der Waals surface area contributed by atoms with E-state index in [1.165, 1.54) is 12.1 Å². The van der Waals surface area contributed by atoms with Gasteiger partial charge in [0.05, 0.1) is 16.2 Å². The highest BCUT2D eigenvalue weighted by atomic mass is 32.2. The van der Waals surface area contributed by atoms with Crippen molar-refractivity contribution in [2.24, 2.45) is 0 Å². The van der Waals surface area contributed by atoms with Crippen LogP contribution in [0.3, 0.4) is 0 Å². The van der Waals surface area contributed by atoms with Crippen molar-refractivity contribution in [3.05, 3.63) is 120 Å². The third-order valence-electron chi connectivity index (χ3n) is 5.14. The summed E-state index contributed by atoms with van der Waals surface area (Å²) in [6.07, 6.45) is 4.03. The van der Waals surface area contributed by atoms with E-state index in [0.717, 1.165) is 22.4 Å². The van der Waals surface area contributed by atoms with Crippen molar-refractivity contribution in [2.75, 3.05) is 5.73 Å². The molecule has 0 bridgehead atoms. The lowest BCUT2D eigenvalue weighted by Crippen LogP contribution is -1.97. The Bertz CT molecular complexity index is 1520. The maximum absolute atomic E-state index is 10.4. The maximum atomic E-state index is 10.4. The molecule has 3 aromatic heterocycles. The number of hydrogen-bond donors (Lipinski definition) is 2. The van der Waals surface area contributed by atoms with E-state index in [1.54, 1.807) is 30.6 Å². The van der Waals surface area contributed by atoms with Gasteiger partial charge in [0.2, 0.25) is 5.88 Å². The lowest BCUT2D eigenvalue weighted by Gasteiger charge is -2.05. The van der Waals surface area contributed by atoms with Crippen molar-refractivity contribution in [2.45, 2.75) is 17.9 Å². The van der Waals surface area contributed by atoms with E-state index >= 15 is 0 Å². The molecule has 5 aromatic rings. The Morgan fingerprint density at radius 1 is 0.838 bits per heavy atom. The van der Waals surface area contributed by atoms with Crippen LogP contribution in [0.2, 0.25) is 0 Å². The summed E-state index contributed by atoms with van der Waals surface area (Å²) in [5, 5.41) is 4.14. The summed E-state index contributed by atoms with van der Waals surface area (Å²) in [5.41, 5.74) is 9.69. The molecule has 0 saturated carbocycles. The number of rotatable bonds is 7. The van der Waals surface area contributed by atoms with Gasteiger partial charge in [0.25, 0.3) is 10.1 Å². The van der Waals surface area contributed by atoms with Gasteiger partial charge in [-0.15, -0.1) is 0 Å². The Balaban J connectivity index is 0.000000270. The molecular weight excluding hydrogens is 492 g/mol. The van der Waals surface area contributed by atoms with Crippen molar-refractivity contribution in [1.29, 1.82) is 0 Å². The summed E-state index contributed by atoms with van der Waals surface area (Å²) < 4.78 is 40.3. The van der Waals surface area contributed by atoms with E-state index in [9.17, 15) is 8.42 Å². The smallest absolute Gasteiger partial charge is 0.294 e. The Kier molecular flexibility index (Phi) is 8.24. The van der Waals surface area contributed by atoms with E-state index in [4.69, 9.17) is 19.5 Å². The molecule has 37 heavy (non-hydrogen) atoms. The van der Waals surface area contributed by atoms with Gasteiger partial charge >= 0.3 is 0 Å². The summed E-state index contributed by atoms with van der Waals surface area (Å²) in [6, 6.07) is 26.8. The largest absolute Gasteiger partial charge is 0.473 e. The SMILES string of the molecule is Nc1ncccc1-c1cc(Cc2ccc(COc3ccccn3)cc2)no1.O=S(=O)(O)c1ccccc1. The molecule has 3 heterocycles. The molecule has 0 aliphatic carbocycles. The second kappa shape index (κ2) is 11.9. The first-order valence-corrected chi connectivity index (χ1v) is 12.6. The second-order valence-corrected chi connectivity index (χ2v) is 9.28. The number of aromatic nitrogens is 3. The van der Waals surface area contributed by atoms with E-state index in [0.29, 0.717) is 30.5 Å². The fraction of sp³-hybridized carbons (Fsp3) is 0.0741. The van der Waals surface area contributed by atoms with Crippen LogP contribution in [0, 0.1) is 0 Å². The maximum Gasteiger partial charge on any atom is 0.294 e. The van der Waals surface area contributed by atoms with Crippen LogP contribution >= 0.6 is 0 Å². The van der Waals surface area contributed by atoms with E-state index < -0.39 is 10.1 Å². The molecule has 0 saturated heterocycles. The zero-order valence-electron chi connectivity index (χ0n) is 19.6.